The van der Waals surface area contributed by atoms with Gasteiger partial charge >= 0.3 is 5.97 Å². The Kier molecular flexibility index (Phi) is 4.72. The van der Waals surface area contributed by atoms with Gasteiger partial charge in [0.1, 0.15) is 5.69 Å². The summed E-state index contributed by atoms with van der Waals surface area (Å²) >= 11 is 0. The Labute approximate surface area is 161 Å². The molecule has 5 nitrogen and oxygen atoms in total. The molecule has 4 aromatic rings. The lowest BCUT2D eigenvalue weighted by atomic mass is 10.1. The average molecular weight is 371 g/mol. The fraction of sp³-hybridized carbons (Fsp3) is 0.0870. The van der Waals surface area contributed by atoms with E-state index in [0.717, 1.165) is 0 Å². The SMILES string of the molecule is C[C@H](OC(=O)c1cc(-c2ccco2)nc2ccccc12)C(=O)c1ccccc1. The van der Waals surface area contributed by atoms with E-state index in [-0.39, 0.29) is 5.78 Å². The Hall–Kier alpha value is -3.73. The Morgan fingerprint density at radius 3 is 2.46 bits per heavy atom. The first-order valence-corrected chi connectivity index (χ1v) is 8.87. The fourth-order valence-corrected chi connectivity index (χ4v) is 3.01. The molecule has 0 aliphatic rings. The van der Waals surface area contributed by atoms with Crippen molar-refractivity contribution in [2.45, 2.75) is 13.0 Å². The molecule has 4 rings (SSSR count). The number of carbonyl (C=O) groups excluding carboxylic acids is 2. The lowest BCUT2D eigenvalue weighted by Gasteiger charge is -2.14. The molecule has 0 saturated heterocycles. The number of aromatic nitrogens is 1. The minimum absolute atomic E-state index is 0.251. The average Bonchev–Trinajstić information content (AvgIpc) is 3.28. The molecule has 0 fully saturated rings. The molecular formula is C23H17NO4. The molecule has 2 aromatic heterocycles. The number of carbonyl (C=O) groups is 2. The third kappa shape index (κ3) is 3.42. The van der Waals surface area contributed by atoms with Crippen LogP contribution in [0, 0.1) is 0 Å². The van der Waals surface area contributed by atoms with Gasteiger partial charge < -0.3 is 9.15 Å². The summed E-state index contributed by atoms with van der Waals surface area (Å²) in [6, 6.07) is 21.2. The maximum Gasteiger partial charge on any atom is 0.339 e. The number of nitrogens with zero attached hydrogens (tertiary/aromatic N) is 1. The summed E-state index contributed by atoms with van der Waals surface area (Å²) in [4.78, 5) is 30.0. The number of Topliss-reactive ketones (excluding diaryl/α,β-unsaturated/α-hetero) is 1. The lowest BCUT2D eigenvalue weighted by Crippen LogP contribution is -2.24. The minimum atomic E-state index is -0.908. The zero-order valence-corrected chi connectivity index (χ0v) is 15.2. The van der Waals surface area contributed by atoms with Crippen LogP contribution in [0.1, 0.15) is 27.6 Å². The molecule has 28 heavy (non-hydrogen) atoms. The Morgan fingerprint density at radius 2 is 1.71 bits per heavy atom. The highest BCUT2D eigenvalue weighted by Gasteiger charge is 2.22. The largest absolute Gasteiger partial charge is 0.463 e. The predicted molar refractivity (Wildman–Crippen MR) is 105 cm³/mol. The molecule has 5 heteroatoms. The zero-order chi connectivity index (χ0) is 19.5. The molecular weight excluding hydrogens is 354 g/mol. The van der Waals surface area contributed by atoms with Crippen molar-refractivity contribution >= 4 is 22.7 Å². The van der Waals surface area contributed by atoms with Crippen molar-refractivity contribution in [1.82, 2.24) is 4.98 Å². The number of hydrogen-bond acceptors (Lipinski definition) is 5. The van der Waals surface area contributed by atoms with Crippen LogP contribution in [-0.4, -0.2) is 22.8 Å². The third-order valence-corrected chi connectivity index (χ3v) is 4.42. The zero-order valence-electron chi connectivity index (χ0n) is 15.2. The van der Waals surface area contributed by atoms with Crippen molar-refractivity contribution in [3.05, 3.63) is 90.2 Å². The maximum absolute atomic E-state index is 12.9. The number of benzene rings is 2. The van der Waals surface area contributed by atoms with Crippen molar-refractivity contribution in [2.24, 2.45) is 0 Å². The van der Waals surface area contributed by atoms with Gasteiger partial charge in [0.25, 0.3) is 0 Å². The van der Waals surface area contributed by atoms with Crippen molar-refractivity contribution in [2.75, 3.05) is 0 Å². The molecule has 2 aromatic carbocycles. The number of furan rings is 1. The Balaban J connectivity index is 1.68. The highest BCUT2D eigenvalue weighted by molar-refractivity contribution is 6.06. The number of para-hydroxylation sites is 1. The highest BCUT2D eigenvalue weighted by Crippen LogP contribution is 2.26. The molecule has 0 bridgehead atoms. The molecule has 1 atom stereocenters. The van der Waals surface area contributed by atoms with E-state index in [1.807, 2.05) is 24.3 Å². The van der Waals surface area contributed by atoms with Gasteiger partial charge in [-0.1, -0.05) is 48.5 Å². The summed E-state index contributed by atoms with van der Waals surface area (Å²) < 4.78 is 10.9. The second-order valence-electron chi connectivity index (χ2n) is 6.33. The van der Waals surface area contributed by atoms with Gasteiger partial charge in [-0.2, -0.15) is 0 Å². The van der Waals surface area contributed by atoms with Gasteiger partial charge in [0.05, 0.1) is 17.3 Å². The van der Waals surface area contributed by atoms with E-state index in [9.17, 15) is 9.59 Å². The number of esters is 1. The van der Waals surface area contributed by atoms with Crippen LogP contribution in [-0.2, 0) is 4.74 Å². The summed E-state index contributed by atoms with van der Waals surface area (Å²) in [7, 11) is 0. The van der Waals surface area contributed by atoms with Crippen LogP contribution in [0.5, 0.6) is 0 Å². The van der Waals surface area contributed by atoms with Crippen molar-refractivity contribution in [1.29, 1.82) is 0 Å². The smallest absolute Gasteiger partial charge is 0.339 e. The topological polar surface area (TPSA) is 69.4 Å². The number of ketones is 1. The lowest BCUT2D eigenvalue weighted by molar-refractivity contribution is 0.0320. The summed E-state index contributed by atoms with van der Waals surface area (Å²) in [5, 5.41) is 0.655. The molecule has 0 N–H and O–H groups in total. The van der Waals surface area contributed by atoms with E-state index in [2.05, 4.69) is 4.98 Å². The molecule has 138 valence electrons. The summed E-state index contributed by atoms with van der Waals surface area (Å²) in [6.45, 7) is 1.57. The van der Waals surface area contributed by atoms with Gasteiger partial charge in [-0.3, -0.25) is 4.79 Å². The van der Waals surface area contributed by atoms with Gasteiger partial charge in [-0.05, 0) is 31.2 Å². The van der Waals surface area contributed by atoms with Crippen LogP contribution >= 0.6 is 0 Å². The van der Waals surface area contributed by atoms with Gasteiger partial charge in [0.2, 0.25) is 5.78 Å². The molecule has 0 unspecified atom stereocenters. The molecule has 0 amide bonds. The van der Waals surface area contributed by atoms with Crippen molar-refractivity contribution < 1.29 is 18.7 Å². The number of pyridine rings is 1. The summed E-state index contributed by atoms with van der Waals surface area (Å²) in [6.07, 6.45) is 0.638. The number of rotatable bonds is 5. The standard InChI is InChI=1S/C23H17NO4/c1-15(22(25)16-8-3-2-4-9-16)28-23(26)18-14-20(21-12-7-13-27-21)24-19-11-6-5-10-17(18)19/h2-15H,1H3/t15-/m0/s1. The normalized spacial score (nSPS) is 11.9. The molecule has 0 saturated carbocycles. The predicted octanol–water partition coefficient (Wildman–Crippen LogP) is 4.92. The van der Waals surface area contributed by atoms with Gasteiger partial charge in [-0.25, -0.2) is 9.78 Å². The summed E-state index contributed by atoms with van der Waals surface area (Å²) in [5.41, 5.74) is 2.01. The molecule has 2 heterocycles. The van der Waals surface area contributed by atoms with Crippen LogP contribution in [0.3, 0.4) is 0 Å². The first-order valence-electron chi connectivity index (χ1n) is 8.87. The van der Waals surface area contributed by atoms with Gasteiger partial charge in [-0.15, -0.1) is 0 Å². The van der Waals surface area contributed by atoms with E-state index in [1.165, 1.54) is 0 Å². The summed E-state index contributed by atoms with van der Waals surface area (Å²) in [5.74, 6) is -0.282. The first-order chi connectivity index (χ1) is 13.6. The van der Waals surface area contributed by atoms with Gasteiger partial charge in [0, 0.05) is 10.9 Å². The van der Waals surface area contributed by atoms with Crippen LogP contribution in [0.2, 0.25) is 0 Å². The minimum Gasteiger partial charge on any atom is -0.463 e. The maximum atomic E-state index is 12.9. The van der Waals surface area contributed by atoms with Gasteiger partial charge in [0.15, 0.2) is 11.9 Å². The molecule has 0 radical (unpaired) electrons. The van der Waals surface area contributed by atoms with E-state index in [1.54, 1.807) is 61.7 Å². The Bertz CT molecular complexity index is 1130. The Morgan fingerprint density at radius 1 is 0.964 bits per heavy atom. The van der Waals surface area contributed by atoms with Crippen LogP contribution in [0.4, 0.5) is 0 Å². The van der Waals surface area contributed by atoms with E-state index >= 15 is 0 Å². The first kappa shape index (κ1) is 17.7. The van der Waals surface area contributed by atoms with E-state index in [4.69, 9.17) is 9.15 Å². The molecule has 0 aliphatic carbocycles. The highest BCUT2D eigenvalue weighted by atomic mass is 16.5. The second kappa shape index (κ2) is 7.48. The number of hydrogen-bond donors (Lipinski definition) is 0. The van der Waals surface area contributed by atoms with Crippen molar-refractivity contribution in [3.63, 3.8) is 0 Å². The van der Waals surface area contributed by atoms with Crippen molar-refractivity contribution in [3.8, 4) is 11.5 Å². The molecule has 0 spiro atoms. The quantitative estimate of drug-likeness (QED) is 0.368. The second-order valence-corrected chi connectivity index (χ2v) is 6.33. The monoisotopic (exact) mass is 371 g/mol. The van der Waals surface area contributed by atoms with E-state index < -0.39 is 12.1 Å². The van der Waals surface area contributed by atoms with Crippen LogP contribution in [0.25, 0.3) is 22.4 Å². The van der Waals surface area contributed by atoms with Crippen LogP contribution in [0.15, 0.2) is 83.5 Å². The fourth-order valence-electron chi connectivity index (χ4n) is 3.01. The molecule has 0 aliphatic heterocycles. The third-order valence-electron chi connectivity index (χ3n) is 4.42. The number of ether oxygens (including phenoxy) is 1. The number of fused-ring (bicyclic) bond motifs is 1. The van der Waals surface area contributed by atoms with Crippen LogP contribution < -0.4 is 0 Å². The van der Waals surface area contributed by atoms with E-state index in [0.29, 0.717) is 33.5 Å².